The van der Waals surface area contributed by atoms with Crippen molar-refractivity contribution in [3.8, 4) is 0 Å². The maximum absolute atomic E-state index is 9.72. The fraction of sp³-hybridized carbons (Fsp3) is 0.846. The van der Waals surface area contributed by atoms with E-state index in [1.165, 1.54) is 19.3 Å². The van der Waals surface area contributed by atoms with Crippen molar-refractivity contribution in [3.05, 3.63) is 10.6 Å². The molecule has 0 aliphatic carbocycles. The highest BCUT2D eigenvalue weighted by molar-refractivity contribution is 7.71. The van der Waals surface area contributed by atoms with Gasteiger partial charge in [-0.2, -0.15) is 5.10 Å². The lowest BCUT2D eigenvalue weighted by Crippen LogP contribution is -2.39. The van der Waals surface area contributed by atoms with Crippen LogP contribution in [0.1, 0.15) is 37.9 Å². The first kappa shape index (κ1) is 13.3. The van der Waals surface area contributed by atoms with Crippen LogP contribution in [0.15, 0.2) is 0 Å². The summed E-state index contributed by atoms with van der Waals surface area (Å²) in [6.07, 6.45) is 6.52. The lowest BCUT2D eigenvalue weighted by molar-refractivity contribution is 0.0511. The molecular weight excluding hydrogens is 260 g/mol. The maximum Gasteiger partial charge on any atom is 0.199 e. The van der Waals surface area contributed by atoms with Gasteiger partial charge in [0.1, 0.15) is 5.82 Å². The molecule has 1 saturated heterocycles. The van der Waals surface area contributed by atoms with Crippen LogP contribution in [0.4, 0.5) is 0 Å². The monoisotopic (exact) mass is 282 g/mol. The van der Waals surface area contributed by atoms with E-state index in [0.29, 0.717) is 0 Å². The molecule has 0 radical (unpaired) electrons. The third-order valence-corrected chi connectivity index (χ3v) is 4.53. The van der Waals surface area contributed by atoms with Crippen molar-refractivity contribution in [2.45, 2.75) is 57.8 Å². The molecule has 1 atom stereocenters. The van der Waals surface area contributed by atoms with Gasteiger partial charge < -0.3 is 9.67 Å². The molecule has 2 aliphatic heterocycles. The Hall–Kier alpha value is -0.720. The Labute approximate surface area is 118 Å². The fourth-order valence-corrected chi connectivity index (χ4v) is 3.36. The summed E-state index contributed by atoms with van der Waals surface area (Å²) in [4.78, 5) is 2.25. The van der Waals surface area contributed by atoms with Crippen LogP contribution >= 0.6 is 12.2 Å². The molecule has 2 aliphatic rings. The van der Waals surface area contributed by atoms with Crippen molar-refractivity contribution in [2.24, 2.45) is 0 Å². The number of fused-ring (bicyclic) bond motifs is 1. The first-order valence-corrected chi connectivity index (χ1v) is 7.72. The number of rotatable bonds is 2. The Morgan fingerprint density at radius 2 is 2.11 bits per heavy atom. The van der Waals surface area contributed by atoms with Crippen LogP contribution in [0.3, 0.4) is 0 Å². The van der Waals surface area contributed by atoms with Gasteiger partial charge in [0.25, 0.3) is 0 Å². The molecule has 3 heterocycles. The van der Waals surface area contributed by atoms with Crippen molar-refractivity contribution >= 4 is 12.2 Å². The van der Waals surface area contributed by atoms with Crippen molar-refractivity contribution in [1.29, 1.82) is 0 Å². The fourth-order valence-electron chi connectivity index (χ4n) is 3.07. The van der Waals surface area contributed by atoms with Crippen molar-refractivity contribution in [1.82, 2.24) is 19.2 Å². The van der Waals surface area contributed by atoms with Crippen molar-refractivity contribution in [3.63, 3.8) is 0 Å². The van der Waals surface area contributed by atoms with E-state index >= 15 is 0 Å². The summed E-state index contributed by atoms with van der Waals surface area (Å²) in [5.41, 5.74) is 0. The molecule has 0 bridgehead atoms. The summed E-state index contributed by atoms with van der Waals surface area (Å²) in [7, 11) is 0. The molecule has 5 nitrogen and oxygen atoms in total. The molecule has 106 valence electrons. The second-order valence-electron chi connectivity index (χ2n) is 5.68. The highest BCUT2D eigenvalue weighted by Crippen LogP contribution is 2.15. The average Bonchev–Trinajstić information content (AvgIpc) is 2.58. The molecule has 6 heteroatoms. The Morgan fingerprint density at radius 3 is 2.95 bits per heavy atom. The van der Waals surface area contributed by atoms with Gasteiger partial charge in [0.15, 0.2) is 4.77 Å². The Morgan fingerprint density at radius 1 is 1.21 bits per heavy atom. The third kappa shape index (κ3) is 2.90. The largest absolute Gasteiger partial charge is 0.392 e. The number of aromatic nitrogens is 3. The number of hydrogen-bond acceptors (Lipinski definition) is 4. The van der Waals surface area contributed by atoms with E-state index in [-0.39, 0.29) is 6.10 Å². The zero-order valence-corrected chi connectivity index (χ0v) is 12.1. The first-order chi connectivity index (χ1) is 9.24. The average molecular weight is 282 g/mol. The van der Waals surface area contributed by atoms with Gasteiger partial charge in [0.2, 0.25) is 0 Å². The first-order valence-electron chi connectivity index (χ1n) is 7.31. The quantitative estimate of drug-likeness (QED) is 0.836. The molecule has 0 amide bonds. The predicted octanol–water partition coefficient (Wildman–Crippen LogP) is 1.55. The molecule has 0 aromatic carbocycles. The summed E-state index contributed by atoms with van der Waals surface area (Å²) in [5, 5.41) is 14.4. The van der Waals surface area contributed by atoms with Crippen LogP contribution in [0, 0.1) is 4.77 Å². The molecule has 0 spiro atoms. The molecule has 3 rings (SSSR count). The SMILES string of the molecule is O[C@H]1CCCN(Cn2nc3n(c2=S)CCCCC3)C1. The molecule has 19 heavy (non-hydrogen) atoms. The topological polar surface area (TPSA) is 46.2 Å². The lowest BCUT2D eigenvalue weighted by atomic mass is 10.1. The normalized spacial score (nSPS) is 25.0. The summed E-state index contributed by atoms with van der Waals surface area (Å²) >= 11 is 5.54. The van der Waals surface area contributed by atoms with Gasteiger partial charge >= 0.3 is 0 Å². The van der Waals surface area contributed by atoms with Crippen LogP contribution in [0.25, 0.3) is 0 Å². The third-order valence-electron chi connectivity index (χ3n) is 4.10. The highest BCUT2D eigenvalue weighted by atomic mass is 32.1. The van der Waals surface area contributed by atoms with Crippen LogP contribution in [0.5, 0.6) is 0 Å². The van der Waals surface area contributed by atoms with Gasteiger partial charge in [-0.25, -0.2) is 4.68 Å². The lowest BCUT2D eigenvalue weighted by Gasteiger charge is -2.29. The number of aliphatic hydroxyl groups is 1. The molecular formula is C13H22N4OS. The van der Waals surface area contributed by atoms with Gasteiger partial charge in [-0.1, -0.05) is 6.42 Å². The number of piperidine rings is 1. The minimum atomic E-state index is -0.191. The number of likely N-dealkylation sites (tertiary alicyclic amines) is 1. The van der Waals surface area contributed by atoms with Crippen LogP contribution in [0.2, 0.25) is 0 Å². The van der Waals surface area contributed by atoms with E-state index in [9.17, 15) is 5.11 Å². The van der Waals surface area contributed by atoms with Gasteiger partial charge in [0, 0.05) is 26.1 Å². The zero-order chi connectivity index (χ0) is 13.2. The van der Waals surface area contributed by atoms with Crippen LogP contribution < -0.4 is 0 Å². The molecule has 0 saturated carbocycles. The van der Waals surface area contributed by atoms with Crippen molar-refractivity contribution in [2.75, 3.05) is 13.1 Å². The molecule has 1 aromatic rings. The number of β-amino-alcohol motifs (C(OH)–C–C–N with tert-alkyl or cyclic N) is 1. The highest BCUT2D eigenvalue weighted by Gasteiger charge is 2.20. The Kier molecular flexibility index (Phi) is 4.00. The van der Waals surface area contributed by atoms with Crippen LogP contribution in [-0.2, 0) is 19.6 Å². The molecule has 1 aromatic heterocycles. The smallest absolute Gasteiger partial charge is 0.199 e. The molecule has 1 fully saturated rings. The number of aliphatic hydroxyl groups excluding tert-OH is 1. The number of aryl methyl sites for hydroxylation is 1. The summed E-state index contributed by atoms with van der Waals surface area (Å²) < 4.78 is 4.98. The minimum absolute atomic E-state index is 0.191. The minimum Gasteiger partial charge on any atom is -0.392 e. The van der Waals surface area contributed by atoms with E-state index in [1.54, 1.807) is 0 Å². The second kappa shape index (κ2) is 5.73. The molecule has 0 unspecified atom stereocenters. The Bertz CT molecular complexity index is 495. The summed E-state index contributed by atoms with van der Waals surface area (Å²) in [5.74, 6) is 1.14. The van der Waals surface area contributed by atoms with Gasteiger partial charge in [-0.3, -0.25) is 4.90 Å². The van der Waals surface area contributed by atoms with E-state index in [0.717, 1.165) is 56.2 Å². The Balaban J connectivity index is 1.76. The number of hydrogen-bond donors (Lipinski definition) is 1. The standard InChI is InChI=1S/C13H22N4OS/c18-11-5-4-7-15(9-11)10-17-13(19)16-8-3-1-2-6-12(16)14-17/h11,18H,1-10H2/t11-/m0/s1. The van der Waals surface area contributed by atoms with Gasteiger partial charge in [-0.15, -0.1) is 0 Å². The van der Waals surface area contributed by atoms with Crippen molar-refractivity contribution < 1.29 is 5.11 Å². The summed E-state index contributed by atoms with van der Waals surface area (Å²) in [6, 6.07) is 0. The van der Waals surface area contributed by atoms with Gasteiger partial charge in [0.05, 0.1) is 12.8 Å². The van der Waals surface area contributed by atoms with E-state index < -0.39 is 0 Å². The molecule has 1 N–H and O–H groups in total. The van der Waals surface area contributed by atoms with Gasteiger partial charge in [-0.05, 0) is 37.9 Å². The van der Waals surface area contributed by atoms with E-state index in [4.69, 9.17) is 12.2 Å². The van der Waals surface area contributed by atoms with E-state index in [1.807, 2.05) is 4.68 Å². The van der Waals surface area contributed by atoms with Crippen LogP contribution in [-0.4, -0.2) is 43.5 Å². The predicted molar refractivity (Wildman–Crippen MR) is 75.4 cm³/mol. The zero-order valence-electron chi connectivity index (χ0n) is 11.3. The maximum atomic E-state index is 9.72. The summed E-state index contributed by atoms with van der Waals surface area (Å²) in [6.45, 7) is 3.50. The second-order valence-corrected chi connectivity index (χ2v) is 6.04. The van der Waals surface area contributed by atoms with E-state index in [2.05, 4.69) is 14.6 Å². The number of nitrogens with zero attached hydrogens (tertiary/aromatic N) is 4.